The van der Waals surface area contributed by atoms with Crippen LogP contribution < -0.4 is 5.19 Å². The van der Waals surface area contributed by atoms with Crippen molar-refractivity contribution in [3.63, 3.8) is 0 Å². The van der Waals surface area contributed by atoms with Gasteiger partial charge >= 0.3 is 36.4 Å². The molecule has 1 saturated heterocycles. The van der Waals surface area contributed by atoms with Gasteiger partial charge in [0.1, 0.15) is 0 Å². The van der Waals surface area contributed by atoms with Crippen molar-refractivity contribution in [1.82, 2.24) is 0 Å². The van der Waals surface area contributed by atoms with Crippen molar-refractivity contribution in [2.24, 2.45) is 0 Å². The van der Waals surface area contributed by atoms with Crippen LogP contribution in [0.5, 0.6) is 0 Å². The lowest BCUT2D eigenvalue weighted by Crippen LogP contribution is -2.62. The van der Waals surface area contributed by atoms with Gasteiger partial charge in [-0.15, -0.1) is 0 Å². The Morgan fingerprint density at radius 2 is 1.84 bits per heavy atom. The topological polar surface area (TPSA) is 36.9 Å². The van der Waals surface area contributed by atoms with Crippen LogP contribution in [0, 0.1) is 6.92 Å². The molecule has 8 heteroatoms. The van der Waals surface area contributed by atoms with Crippen molar-refractivity contribution >= 4 is 41.6 Å². The minimum absolute atomic E-state index is 0.000831. The standard InChI is InChI=1S/C11H19O4Si4/c1-10-8-6-7-9-11(10)19(5)13-16-12-17(2)14-18(3,4)15-19/h6-9H,1-5H3. The van der Waals surface area contributed by atoms with E-state index in [1.807, 2.05) is 18.7 Å². The van der Waals surface area contributed by atoms with Gasteiger partial charge in [-0.1, -0.05) is 24.3 Å². The molecule has 0 amide bonds. The first kappa shape index (κ1) is 15.3. The lowest BCUT2D eigenvalue weighted by Gasteiger charge is -2.39. The van der Waals surface area contributed by atoms with Crippen molar-refractivity contribution < 1.29 is 16.5 Å². The normalized spacial score (nSPS) is 28.7. The fraction of sp³-hybridized carbons (Fsp3) is 0.455. The van der Waals surface area contributed by atoms with E-state index in [1.165, 1.54) is 10.8 Å². The van der Waals surface area contributed by atoms with E-state index < -0.39 is 26.4 Å². The summed E-state index contributed by atoms with van der Waals surface area (Å²) in [5, 5.41) is 1.17. The minimum Gasteiger partial charge on any atom is -0.415 e. The van der Waals surface area contributed by atoms with Crippen LogP contribution in [0.25, 0.3) is 0 Å². The zero-order valence-electron chi connectivity index (χ0n) is 11.9. The van der Waals surface area contributed by atoms with Crippen molar-refractivity contribution in [2.45, 2.75) is 33.1 Å². The molecular weight excluding hydrogens is 308 g/mol. The summed E-state index contributed by atoms with van der Waals surface area (Å²) in [4.78, 5) is 0. The lowest BCUT2D eigenvalue weighted by atomic mass is 10.2. The number of hydrogen-bond acceptors (Lipinski definition) is 4. The van der Waals surface area contributed by atoms with Crippen molar-refractivity contribution in [3.05, 3.63) is 29.8 Å². The molecule has 1 aliphatic rings. The molecule has 1 aliphatic heterocycles. The maximum atomic E-state index is 6.39. The molecular formula is C11H19O4Si4. The fourth-order valence-corrected chi connectivity index (χ4v) is 14.1. The second-order valence-electron chi connectivity index (χ2n) is 5.14. The van der Waals surface area contributed by atoms with Crippen molar-refractivity contribution in [2.75, 3.05) is 0 Å². The third-order valence-electron chi connectivity index (χ3n) is 2.89. The van der Waals surface area contributed by atoms with E-state index in [4.69, 9.17) is 16.5 Å². The van der Waals surface area contributed by atoms with Crippen LogP contribution in [0.15, 0.2) is 24.3 Å². The first-order valence-corrected chi connectivity index (χ1v) is 14.0. The van der Waals surface area contributed by atoms with E-state index in [9.17, 15) is 0 Å². The Kier molecular flexibility index (Phi) is 4.62. The Bertz CT molecular complexity index is 456. The number of hydrogen-bond donors (Lipinski definition) is 0. The quantitative estimate of drug-likeness (QED) is 0.736. The SMILES string of the molecule is Cc1ccccc1[Si]1(C)O[Si]O[Si](C)O[Si](C)(C)O1. The molecule has 103 valence electrons. The smallest absolute Gasteiger partial charge is 0.413 e. The Morgan fingerprint density at radius 1 is 1.16 bits per heavy atom. The summed E-state index contributed by atoms with van der Waals surface area (Å²) in [5.41, 5.74) is 1.20. The molecule has 0 N–H and O–H groups in total. The van der Waals surface area contributed by atoms with Crippen LogP contribution in [0.2, 0.25) is 26.2 Å². The van der Waals surface area contributed by atoms with Gasteiger partial charge in [0.05, 0.1) is 0 Å². The van der Waals surface area contributed by atoms with E-state index >= 15 is 0 Å². The van der Waals surface area contributed by atoms with Gasteiger partial charge < -0.3 is 16.5 Å². The third kappa shape index (κ3) is 3.73. The molecule has 0 bridgehead atoms. The maximum absolute atomic E-state index is 6.39. The van der Waals surface area contributed by atoms with Gasteiger partial charge in [-0.2, -0.15) is 0 Å². The highest BCUT2D eigenvalue weighted by atomic mass is 28.5. The van der Waals surface area contributed by atoms with Gasteiger partial charge in [0.15, 0.2) is 0 Å². The van der Waals surface area contributed by atoms with Crippen molar-refractivity contribution in [3.8, 4) is 0 Å². The van der Waals surface area contributed by atoms with Crippen LogP contribution in [0.1, 0.15) is 5.56 Å². The molecule has 2 rings (SSSR count). The second-order valence-corrected chi connectivity index (χ2v) is 14.8. The zero-order valence-corrected chi connectivity index (χ0v) is 15.9. The number of benzene rings is 1. The van der Waals surface area contributed by atoms with Gasteiger partial charge in [-0.3, -0.25) is 0 Å². The third-order valence-corrected chi connectivity index (χ3v) is 14.4. The Morgan fingerprint density at radius 3 is 2.53 bits per heavy atom. The first-order valence-electron chi connectivity index (χ1n) is 6.21. The Hall–Kier alpha value is -0.0725. The number of aryl methyl sites for hydroxylation is 1. The predicted octanol–water partition coefficient (Wildman–Crippen LogP) is 1.71. The molecule has 1 fully saturated rings. The highest BCUT2D eigenvalue weighted by Crippen LogP contribution is 2.21. The van der Waals surface area contributed by atoms with Gasteiger partial charge in [0.2, 0.25) is 0 Å². The van der Waals surface area contributed by atoms with Crippen LogP contribution in [-0.4, -0.2) is 36.4 Å². The average molecular weight is 328 g/mol. The molecule has 0 aromatic heterocycles. The van der Waals surface area contributed by atoms with E-state index in [2.05, 4.69) is 38.7 Å². The Labute approximate surface area is 121 Å². The molecule has 1 aromatic carbocycles. The van der Waals surface area contributed by atoms with Gasteiger partial charge in [-0.05, 0) is 43.9 Å². The van der Waals surface area contributed by atoms with E-state index in [1.54, 1.807) is 0 Å². The Balaban J connectivity index is 2.33. The molecule has 19 heavy (non-hydrogen) atoms. The summed E-state index contributed by atoms with van der Waals surface area (Å²) < 4.78 is 24.1. The molecule has 3 radical (unpaired) electrons. The van der Waals surface area contributed by atoms with E-state index in [-0.39, 0.29) is 10.0 Å². The molecule has 0 saturated carbocycles. The molecule has 1 heterocycles. The van der Waals surface area contributed by atoms with Gasteiger partial charge in [0, 0.05) is 0 Å². The van der Waals surface area contributed by atoms with Crippen LogP contribution >= 0.6 is 0 Å². The summed E-state index contributed by atoms with van der Waals surface area (Å²) >= 11 is 0. The molecule has 0 spiro atoms. The molecule has 4 nitrogen and oxygen atoms in total. The zero-order chi connectivity index (χ0) is 14.1. The summed E-state index contributed by atoms with van der Waals surface area (Å²) in [6, 6.07) is 8.24. The molecule has 1 atom stereocenters. The van der Waals surface area contributed by atoms with E-state index in [0.717, 1.165) is 0 Å². The van der Waals surface area contributed by atoms with Crippen molar-refractivity contribution in [1.29, 1.82) is 0 Å². The van der Waals surface area contributed by atoms with Crippen LogP contribution in [-0.2, 0) is 16.5 Å². The lowest BCUT2D eigenvalue weighted by molar-refractivity contribution is 0.279. The highest BCUT2D eigenvalue weighted by Gasteiger charge is 2.45. The summed E-state index contributed by atoms with van der Waals surface area (Å²) in [6.07, 6.45) is 0. The summed E-state index contributed by atoms with van der Waals surface area (Å²) in [6.45, 7) is 10.3. The van der Waals surface area contributed by atoms with Crippen LogP contribution in [0.4, 0.5) is 0 Å². The molecule has 0 aliphatic carbocycles. The first-order chi connectivity index (χ1) is 8.82. The summed E-state index contributed by atoms with van der Waals surface area (Å²) in [5.74, 6) is 0. The maximum Gasteiger partial charge on any atom is 0.413 e. The highest BCUT2D eigenvalue weighted by molar-refractivity contribution is 6.91. The monoisotopic (exact) mass is 327 g/mol. The largest absolute Gasteiger partial charge is 0.415 e. The predicted molar refractivity (Wildman–Crippen MR) is 81.6 cm³/mol. The summed E-state index contributed by atoms with van der Waals surface area (Å²) in [7, 11) is -5.93. The molecule has 1 unspecified atom stereocenters. The van der Waals surface area contributed by atoms with Gasteiger partial charge in [0.25, 0.3) is 0 Å². The molecule has 1 aromatic rings. The fourth-order valence-electron chi connectivity index (χ4n) is 2.23. The van der Waals surface area contributed by atoms with E-state index in [0.29, 0.717) is 0 Å². The van der Waals surface area contributed by atoms with Gasteiger partial charge in [-0.25, -0.2) is 0 Å². The van der Waals surface area contributed by atoms with Crippen LogP contribution in [0.3, 0.4) is 0 Å². The minimum atomic E-state index is -2.46. The average Bonchev–Trinajstić information content (AvgIpc) is 2.26. The number of rotatable bonds is 1. The second kappa shape index (κ2) is 5.74.